The number of aliphatic hydroxyl groups is 1. The van der Waals surface area contributed by atoms with E-state index in [1.807, 2.05) is 25.1 Å². The predicted molar refractivity (Wildman–Crippen MR) is 90.0 cm³/mol. The standard InChI is InChI=1S/C18H28N2O2/c1-13(2)16-6-4-5-7-17(16)19-18(22)12-20-10-8-15(9-11-20)14(3)21/h4-7,13-15,21H,8-12H2,1-3H3,(H,19,22). The van der Waals surface area contributed by atoms with Gasteiger partial charge in [0.25, 0.3) is 0 Å². The molecule has 1 fully saturated rings. The number of para-hydroxylation sites is 1. The predicted octanol–water partition coefficient (Wildman–Crippen LogP) is 2.84. The molecule has 1 atom stereocenters. The number of anilines is 1. The molecule has 0 aromatic heterocycles. The molecule has 0 radical (unpaired) electrons. The molecular weight excluding hydrogens is 276 g/mol. The first-order valence-electron chi connectivity index (χ1n) is 8.26. The maximum absolute atomic E-state index is 12.3. The van der Waals surface area contributed by atoms with Crippen molar-refractivity contribution in [2.24, 2.45) is 5.92 Å². The van der Waals surface area contributed by atoms with E-state index < -0.39 is 0 Å². The Bertz CT molecular complexity index is 492. The second-order valence-corrected chi connectivity index (χ2v) is 6.64. The SMILES string of the molecule is CC(C)c1ccccc1NC(=O)CN1CCC(C(C)O)CC1. The smallest absolute Gasteiger partial charge is 0.238 e. The third-order valence-electron chi connectivity index (χ3n) is 4.54. The van der Waals surface area contributed by atoms with Gasteiger partial charge in [-0.15, -0.1) is 0 Å². The summed E-state index contributed by atoms with van der Waals surface area (Å²) < 4.78 is 0. The zero-order chi connectivity index (χ0) is 16.1. The Morgan fingerprint density at radius 3 is 2.50 bits per heavy atom. The Kier molecular flexibility index (Phi) is 5.98. The fourth-order valence-corrected chi connectivity index (χ4v) is 3.10. The fraction of sp³-hybridized carbons (Fsp3) is 0.611. The highest BCUT2D eigenvalue weighted by Gasteiger charge is 2.23. The van der Waals surface area contributed by atoms with Gasteiger partial charge in [0.05, 0.1) is 12.6 Å². The number of carbonyl (C=O) groups excluding carboxylic acids is 1. The van der Waals surface area contributed by atoms with E-state index in [1.54, 1.807) is 0 Å². The summed E-state index contributed by atoms with van der Waals surface area (Å²) in [5.41, 5.74) is 2.09. The lowest BCUT2D eigenvalue weighted by atomic mass is 9.92. The molecule has 4 heteroatoms. The summed E-state index contributed by atoms with van der Waals surface area (Å²) >= 11 is 0. The number of nitrogens with zero attached hydrogens (tertiary/aromatic N) is 1. The van der Waals surface area contributed by atoms with Crippen LogP contribution in [0.15, 0.2) is 24.3 Å². The topological polar surface area (TPSA) is 52.6 Å². The van der Waals surface area contributed by atoms with Crippen LogP contribution in [0.5, 0.6) is 0 Å². The summed E-state index contributed by atoms with van der Waals surface area (Å²) in [6, 6.07) is 7.99. The van der Waals surface area contributed by atoms with Crippen molar-refractivity contribution in [3.8, 4) is 0 Å². The van der Waals surface area contributed by atoms with Crippen LogP contribution in [0.3, 0.4) is 0 Å². The summed E-state index contributed by atoms with van der Waals surface area (Å²) in [6.45, 7) is 8.32. The zero-order valence-corrected chi connectivity index (χ0v) is 13.9. The maximum Gasteiger partial charge on any atom is 0.238 e. The van der Waals surface area contributed by atoms with Gasteiger partial charge in [-0.3, -0.25) is 9.69 Å². The molecule has 0 bridgehead atoms. The van der Waals surface area contributed by atoms with E-state index in [0.29, 0.717) is 18.4 Å². The van der Waals surface area contributed by atoms with Crippen LogP contribution in [-0.2, 0) is 4.79 Å². The Morgan fingerprint density at radius 2 is 1.91 bits per heavy atom. The minimum absolute atomic E-state index is 0.0450. The maximum atomic E-state index is 12.3. The highest BCUT2D eigenvalue weighted by Crippen LogP contribution is 2.24. The van der Waals surface area contributed by atoms with E-state index in [2.05, 4.69) is 30.1 Å². The van der Waals surface area contributed by atoms with E-state index in [-0.39, 0.29) is 12.0 Å². The molecule has 2 rings (SSSR count). The molecule has 0 aliphatic carbocycles. The Labute approximate surface area is 133 Å². The monoisotopic (exact) mass is 304 g/mol. The molecule has 0 spiro atoms. The lowest BCUT2D eigenvalue weighted by Gasteiger charge is -2.32. The summed E-state index contributed by atoms with van der Waals surface area (Å²) in [6.07, 6.45) is 1.69. The Morgan fingerprint density at radius 1 is 1.27 bits per heavy atom. The molecule has 122 valence electrons. The van der Waals surface area contributed by atoms with Crippen LogP contribution < -0.4 is 5.32 Å². The Balaban J connectivity index is 1.87. The van der Waals surface area contributed by atoms with Crippen LogP contribution in [0.1, 0.15) is 45.1 Å². The lowest BCUT2D eigenvalue weighted by molar-refractivity contribution is -0.117. The lowest BCUT2D eigenvalue weighted by Crippen LogP contribution is -2.41. The van der Waals surface area contributed by atoms with Crippen molar-refractivity contribution in [1.29, 1.82) is 0 Å². The van der Waals surface area contributed by atoms with E-state index in [0.717, 1.165) is 31.6 Å². The van der Waals surface area contributed by atoms with Gasteiger partial charge in [0.2, 0.25) is 5.91 Å². The van der Waals surface area contributed by atoms with E-state index in [9.17, 15) is 9.90 Å². The number of aliphatic hydroxyl groups excluding tert-OH is 1. The van der Waals surface area contributed by atoms with E-state index >= 15 is 0 Å². The third-order valence-corrected chi connectivity index (χ3v) is 4.54. The highest BCUT2D eigenvalue weighted by atomic mass is 16.3. The van der Waals surface area contributed by atoms with Crippen LogP contribution in [0.4, 0.5) is 5.69 Å². The van der Waals surface area contributed by atoms with Crippen molar-refractivity contribution >= 4 is 11.6 Å². The second-order valence-electron chi connectivity index (χ2n) is 6.64. The minimum Gasteiger partial charge on any atom is -0.393 e. The average molecular weight is 304 g/mol. The largest absolute Gasteiger partial charge is 0.393 e. The second kappa shape index (κ2) is 7.75. The van der Waals surface area contributed by atoms with Crippen molar-refractivity contribution in [1.82, 2.24) is 4.90 Å². The molecule has 2 N–H and O–H groups in total. The first-order chi connectivity index (χ1) is 10.5. The van der Waals surface area contributed by atoms with Crippen LogP contribution in [0.2, 0.25) is 0 Å². The van der Waals surface area contributed by atoms with Gasteiger partial charge in [-0.2, -0.15) is 0 Å². The minimum atomic E-state index is -0.242. The van der Waals surface area contributed by atoms with Gasteiger partial charge in [0.1, 0.15) is 0 Å². The first kappa shape index (κ1) is 17.0. The molecule has 1 aliphatic rings. The van der Waals surface area contributed by atoms with Gasteiger partial charge in [0, 0.05) is 5.69 Å². The quantitative estimate of drug-likeness (QED) is 0.879. The summed E-state index contributed by atoms with van der Waals surface area (Å²) in [5.74, 6) is 0.808. The van der Waals surface area contributed by atoms with Crippen molar-refractivity contribution in [2.75, 3.05) is 25.0 Å². The normalized spacial score (nSPS) is 18.4. The number of hydrogen-bond acceptors (Lipinski definition) is 3. The van der Waals surface area contributed by atoms with Gasteiger partial charge < -0.3 is 10.4 Å². The van der Waals surface area contributed by atoms with E-state index in [4.69, 9.17) is 0 Å². The van der Waals surface area contributed by atoms with Gasteiger partial charge in [0.15, 0.2) is 0 Å². The van der Waals surface area contributed by atoms with Gasteiger partial charge >= 0.3 is 0 Å². The molecule has 1 heterocycles. The number of rotatable bonds is 5. The molecule has 1 aromatic carbocycles. The molecule has 4 nitrogen and oxygen atoms in total. The molecule has 22 heavy (non-hydrogen) atoms. The number of hydrogen-bond donors (Lipinski definition) is 2. The van der Waals surface area contributed by atoms with Crippen LogP contribution in [0, 0.1) is 5.92 Å². The van der Waals surface area contributed by atoms with Crippen molar-refractivity contribution < 1.29 is 9.90 Å². The molecule has 1 amide bonds. The number of nitrogens with one attached hydrogen (secondary N) is 1. The molecule has 1 saturated heterocycles. The van der Waals surface area contributed by atoms with Crippen LogP contribution in [-0.4, -0.2) is 41.7 Å². The zero-order valence-electron chi connectivity index (χ0n) is 13.9. The van der Waals surface area contributed by atoms with Crippen molar-refractivity contribution in [2.45, 2.75) is 45.6 Å². The number of carbonyl (C=O) groups is 1. The number of likely N-dealkylation sites (tertiary alicyclic amines) is 1. The summed E-state index contributed by atoms with van der Waals surface area (Å²) in [7, 11) is 0. The molecule has 1 aliphatic heterocycles. The number of benzene rings is 1. The Hall–Kier alpha value is -1.39. The molecular formula is C18H28N2O2. The molecule has 0 saturated carbocycles. The average Bonchev–Trinajstić information content (AvgIpc) is 2.48. The van der Waals surface area contributed by atoms with Crippen LogP contribution >= 0.6 is 0 Å². The third kappa shape index (κ3) is 4.55. The number of amides is 1. The number of piperidine rings is 1. The highest BCUT2D eigenvalue weighted by molar-refractivity contribution is 5.93. The van der Waals surface area contributed by atoms with Gasteiger partial charge in [-0.1, -0.05) is 32.0 Å². The van der Waals surface area contributed by atoms with Crippen LogP contribution in [0.25, 0.3) is 0 Å². The molecule has 1 unspecified atom stereocenters. The van der Waals surface area contributed by atoms with Crippen molar-refractivity contribution in [3.63, 3.8) is 0 Å². The van der Waals surface area contributed by atoms with Crippen molar-refractivity contribution in [3.05, 3.63) is 29.8 Å². The van der Waals surface area contributed by atoms with Gasteiger partial charge in [-0.05, 0) is 56.3 Å². The summed E-state index contributed by atoms with van der Waals surface area (Å²) in [4.78, 5) is 14.4. The first-order valence-corrected chi connectivity index (χ1v) is 8.26. The fourth-order valence-electron chi connectivity index (χ4n) is 3.10. The summed E-state index contributed by atoms with van der Waals surface area (Å²) in [5, 5.41) is 12.7. The van der Waals surface area contributed by atoms with Gasteiger partial charge in [-0.25, -0.2) is 0 Å². The van der Waals surface area contributed by atoms with E-state index in [1.165, 1.54) is 5.56 Å². The molecule has 1 aromatic rings.